The van der Waals surface area contributed by atoms with E-state index in [0.717, 1.165) is 33.2 Å². The summed E-state index contributed by atoms with van der Waals surface area (Å²) < 4.78 is 8.13. The fourth-order valence-corrected chi connectivity index (χ4v) is 4.54. The number of aromatic nitrogens is 6. The zero-order chi connectivity index (χ0) is 21.8. The molecule has 0 spiro atoms. The van der Waals surface area contributed by atoms with Crippen molar-refractivity contribution >= 4 is 16.4 Å². The second kappa shape index (κ2) is 6.93. The van der Waals surface area contributed by atoms with Crippen LogP contribution in [0.15, 0.2) is 91.6 Å². The number of nitrogens with zero attached hydrogens (tertiary/aromatic N) is 6. The van der Waals surface area contributed by atoms with Crippen molar-refractivity contribution in [3.63, 3.8) is 0 Å². The van der Waals surface area contributed by atoms with Gasteiger partial charge >= 0.3 is 0 Å². The van der Waals surface area contributed by atoms with E-state index in [1.165, 1.54) is 0 Å². The van der Waals surface area contributed by atoms with E-state index in [2.05, 4.69) is 50.4 Å². The molecule has 33 heavy (non-hydrogen) atoms. The van der Waals surface area contributed by atoms with E-state index in [1.807, 2.05) is 42.6 Å². The van der Waals surface area contributed by atoms with Gasteiger partial charge in [0.1, 0.15) is 17.8 Å². The van der Waals surface area contributed by atoms with Crippen molar-refractivity contribution in [2.24, 2.45) is 0 Å². The summed E-state index contributed by atoms with van der Waals surface area (Å²) in [6.07, 6.45) is 7.04. The molecule has 0 saturated carbocycles. The third kappa shape index (κ3) is 2.72. The third-order valence-electron chi connectivity index (χ3n) is 6.01. The first-order valence-corrected chi connectivity index (χ1v) is 10.6. The first-order valence-electron chi connectivity index (χ1n) is 10.6. The Morgan fingerprint density at radius 2 is 1.79 bits per heavy atom. The smallest absolute Gasteiger partial charge is 0.228 e. The number of pyridine rings is 2. The van der Waals surface area contributed by atoms with E-state index in [1.54, 1.807) is 23.2 Å². The molecule has 0 amide bonds. The number of hydrogen-bond donors (Lipinski definition) is 0. The molecule has 0 fully saturated rings. The average Bonchev–Trinajstić information content (AvgIpc) is 3.33. The standard InChI is InChI=1S/C26H16N6O/c1-2-8-18-16(6-1)10-11-19-21(17-7-5-12-27-14-17)22-25-30-24(20-9-3-4-13-28-20)31-32(25)15-29-26(22)33-23(18)19/h1-15,21H/t21-/m0/s1. The summed E-state index contributed by atoms with van der Waals surface area (Å²) in [5, 5.41) is 6.80. The van der Waals surface area contributed by atoms with Crippen molar-refractivity contribution < 1.29 is 4.74 Å². The lowest BCUT2D eigenvalue weighted by Crippen LogP contribution is -2.15. The van der Waals surface area contributed by atoms with Crippen molar-refractivity contribution in [2.45, 2.75) is 5.92 Å². The summed E-state index contributed by atoms with van der Waals surface area (Å²) in [6, 6.07) is 22.2. The third-order valence-corrected chi connectivity index (χ3v) is 6.01. The molecule has 6 aromatic rings. The van der Waals surface area contributed by atoms with Gasteiger partial charge in [-0.25, -0.2) is 14.5 Å². The van der Waals surface area contributed by atoms with Crippen LogP contribution >= 0.6 is 0 Å². The van der Waals surface area contributed by atoms with Crippen LogP contribution in [0.1, 0.15) is 22.6 Å². The van der Waals surface area contributed by atoms with Gasteiger partial charge in [0.25, 0.3) is 0 Å². The molecule has 2 aromatic carbocycles. The summed E-state index contributed by atoms with van der Waals surface area (Å²) >= 11 is 0. The SMILES string of the molecule is c1ccc(-c2nc3c4c(ncn3n2)Oc2c(ccc3ccccc23)[C@@H]4c2cccnc2)nc1. The number of ether oxygens (including phenoxy) is 1. The minimum absolute atomic E-state index is 0.154. The molecule has 5 heterocycles. The largest absolute Gasteiger partial charge is 0.438 e. The van der Waals surface area contributed by atoms with E-state index in [0.29, 0.717) is 23.0 Å². The predicted molar refractivity (Wildman–Crippen MR) is 123 cm³/mol. The van der Waals surface area contributed by atoms with Crippen LogP contribution in [0.5, 0.6) is 11.6 Å². The Balaban J connectivity index is 1.53. The lowest BCUT2D eigenvalue weighted by molar-refractivity contribution is 0.437. The second-order valence-corrected chi connectivity index (χ2v) is 7.91. The van der Waals surface area contributed by atoms with Gasteiger partial charge in [-0.2, -0.15) is 0 Å². The van der Waals surface area contributed by atoms with Crippen LogP contribution in [0.3, 0.4) is 0 Å². The summed E-state index contributed by atoms with van der Waals surface area (Å²) in [4.78, 5) is 18.3. The Kier molecular flexibility index (Phi) is 3.77. The maximum Gasteiger partial charge on any atom is 0.228 e. The normalized spacial score (nSPS) is 14.6. The number of fused-ring (bicyclic) bond motifs is 6. The van der Waals surface area contributed by atoms with Crippen LogP contribution < -0.4 is 4.74 Å². The molecule has 7 nitrogen and oxygen atoms in total. The highest BCUT2D eigenvalue weighted by Gasteiger charge is 2.34. The Morgan fingerprint density at radius 3 is 2.67 bits per heavy atom. The van der Waals surface area contributed by atoms with Crippen molar-refractivity contribution in [1.29, 1.82) is 0 Å². The molecule has 0 unspecified atom stereocenters. The maximum atomic E-state index is 6.44. The fourth-order valence-electron chi connectivity index (χ4n) is 4.54. The van der Waals surface area contributed by atoms with Crippen LogP contribution in [0, 0.1) is 0 Å². The monoisotopic (exact) mass is 428 g/mol. The van der Waals surface area contributed by atoms with Crippen molar-refractivity contribution in [1.82, 2.24) is 29.5 Å². The molecule has 0 bridgehead atoms. The molecule has 0 aliphatic carbocycles. The Bertz CT molecular complexity index is 1650. The van der Waals surface area contributed by atoms with Gasteiger partial charge in [0.2, 0.25) is 11.7 Å². The second-order valence-electron chi connectivity index (χ2n) is 7.91. The van der Waals surface area contributed by atoms with E-state index < -0.39 is 0 Å². The number of rotatable bonds is 2. The highest BCUT2D eigenvalue weighted by molar-refractivity contribution is 5.91. The fraction of sp³-hybridized carbons (Fsp3) is 0.0385. The molecule has 7 heteroatoms. The van der Waals surface area contributed by atoms with E-state index in [4.69, 9.17) is 9.72 Å². The van der Waals surface area contributed by atoms with Gasteiger partial charge in [0.15, 0.2) is 5.65 Å². The van der Waals surface area contributed by atoms with Crippen LogP contribution in [-0.2, 0) is 0 Å². The van der Waals surface area contributed by atoms with Gasteiger partial charge in [0, 0.05) is 35.5 Å². The molecule has 0 radical (unpaired) electrons. The quantitative estimate of drug-likeness (QED) is 0.385. The minimum Gasteiger partial charge on any atom is -0.438 e. The van der Waals surface area contributed by atoms with Gasteiger partial charge in [-0.1, -0.05) is 48.5 Å². The van der Waals surface area contributed by atoms with Crippen molar-refractivity contribution in [3.8, 4) is 23.1 Å². The summed E-state index contributed by atoms with van der Waals surface area (Å²) in [5.41, 5.74) is 4.34. The molecular weight excluding hydrogens is 412 g/mol. The van der Waals surface area contributed by atoms with Gasteiger partial charge in [-0.3, -0.25) is 9.97 Å². The van der Waals surface area contributed by atoms with Crippen LogP contribution in [0.2, 0.25) is 0 Å². The average molecular weight is 428 g/mol. The maximum absolute atomic E-state index is 6.44. The Labute approximate surface area is 188 Å². The van der Waals surface area contributed by atoms with Crippen molar-refractivity contribution in [2.75, 3.05) is 0 Å². The highest BCUT2D eigenvalue weighted by Crippen LogP contribution is 2.50. The van der Waals surface area contributed by atoms with Gasteiger partial charge in [-0.05, 0) is 29.1 Å². The minimum atomic E-state index is -0.154. The topological polar surface area (TPSA) is 78.1 Å². The summed E-state index contributed by atoms with van der Waals surface area (Å²) in [7, 11) is 0. The first-order chi connectivity index (χ1) is 16.4. The predicted octanol–water partition coefficient (Wildman–Crippen LogP) is 5.02. The lowest BCUT2D eigenvalue weighted by Gasteiger charge is -2.28. The molecular formula is C26H16N6O. The molecule has 0 N–H and O–H groups in total. The molecule has 1 aliphatic heterocycles. The molecule has 7 rings (SSSR count). The van der Waals surface area contributed by atoms with Gasteiger partial charge in [0.05, 0.1) is 5.56 Å². The van der Waals surface area contributed by atoms with Gasteiger partial charge < -0.3 is 4.74 Å². The summed E-state index contributed by atoms with van der Waals surface area (Å²) in [6.45, 7) is 0. The van der Waals surface area contributed by atoms with E-state index in [-0.39, 0.29) is 5.92 Å². The number of hydrogen-bond acceptors (Lipinski definition) is 6. The number of benzene rings is 2. The first kappa shape index (κ1) is 18.0. The Morgan fingerprint density at radius 1 is 0.848 bits per heavy atom. The zero-order valence-electron chi connectivity index (χ0n) is 17.3. The van der Waals surface area contributed by atoms with Crippen LogP contribution in [0.4, 0.5) is 0 Å². The van der Waals surface area contributed by atoms with Crippen LogP contribution in [-0.4, -0.2) is 29.5 Å². The van der Waals surface area contributed by atoms with E-state index >= 15 is 0 Å². The zero-order valence-corrected chi connectivity index (χ0v) is 17.3. The van der Waals surface area contributed by atoms with Crippen molar-refractivity contribution in [3.05, 3.63) is 108 Å². The van der Waals surface area contributed by atoms with E-state index in [9.17, 15) is 0 Å². The lowest BCUT2D eigenvalue weighted by atomic mass is 9.83. The molecule has 156 valence electrons. The molecule has 1 aliphatic rings. The van der Waals surface area contributed by atoms with Gasteiger partial charge in [-0.15, -0.1) is 5.10 Å². The Hall–Kier alpha value is -4.65. The summed E-state index contributed by atoms with van der Waals surface area (Å²) in [5.74, 6) is 1.73. The molecule has 1 atom stereocenters. The highest BCUT2D eigenvalue weighted by atomic mass is 16.5. The molecule has 0 saturated heterocycles. The molecule has 4 aromatic heterocycles. The van der Waals surface area contributed by atoms with Crippen LogP contribution in [0.25, 0.3) is 27.9 Å².